The third-order valence-corrected chi connectivity index (χ3v) is 2.54. The first-order valence-corrected chi connectivity index (χ1v) is 5.41. The molecule has 0 atom stereocenters. The van der Waals surface area contributed by atoms with E-state index in [4.69, 9.17) is 10.2 Å². The van der Waals surface area contributed by atoms with Gasteiger partial charge >= 0.3 is 0 Å². The minimum absolute atomic E-state index is 0.00791. The molecule has 0 aliphatic rings. The highest BCUT2D eigenvalue weighted by atomic mass is 16.3. The number of aryl methyl sites for hydroxylation is 1. The van der Waals surface area contributed by atoms with Crippen LogP contribution >= 0.6 is 0 Å². The number of hydrogen-bond donors (Lipinski definition) is 3. The molecule has 0 saturated carbocycles. The van der Waals surface area contributed by atoms with E-state index in [0.717, 1.165) is 5.69 Å². The number of aromatic hydroxyl groups is 1. The van der Waals surface area contributed by atoms with Crippen molar-refractivity contribution in [1.29, 1.82) is 0 Å². The molecule has 1 aromatic rings. The summed E-state index contributed by atoms with van der Waals surface area (Å²) in [5, 5.41) is 27.0. The van der Waals surface area contributed by atoms with Gasteiger partial charge in [0.2, 0.25) is 5.43 Å². The fourth-order valence-electron chi connectivity index (χ4n) is 1.60. The molecule has 0 aliphatic heterocycles. The molecule has 0 radical (unpaired) electrons. The SMILES string of the molecule is Cn1cc(O)c(=O)cc1CN(CCO)CCO. The van der Waals surface area contributed by atoms with Crippen molar-refractivity contribution in [2.45, 2.75) is 6.54 Å². The van der Waals surface area contributed by atoms with Gasteiger partial charge in [0.1, 0.15) is 0 Å². The van der Waals surface area contributed by atoms with Crippen molar-refractivity contribution in [3.63, 3.8) is 0 Å². The molecule has 1 heterocycles. The number of aliphatic hydroxyl groups is 2. The molecule has 17 heavy (non-hydrogen) atoms. The molecule has 1 aromatic heterocycles. The van der Waals surface area contributed by atoms with E-state index >= 15 is 0 Å². The second kappa shape index (κ2) is 6.39. The molecule has 0 fully saturated rings. The summed E-state index contributed by atoms with van der Waals surface area (Å²) in [6.07, 6.45) is 1.35. The van der Waals surface area contributed by atoms with E-state index in [9.17, 15) is 9.90 Å². The van der Waals surface area contributed by atoms with E-state index < -0.39 is 5.43 Å². The Labute approximate surface area is 99.4 Å². The number of hydrogen-bond acceptors (Lipinski definition) is 5. The van der Waals surface area contributed by atoms with Crippen LogP contribution in [0.5, 0.6) is 5.75 Å². The van der Waals surface area contributed by atoms with Crippen molar-refractivity contribution < 1.29 is 15.3 Å². The zero-order chi connectivity index (χ0) is 12.8. The van der Waals surface area contributed by atoms with E-state index in [-0.39, 0.29) is 19.0 Å². The fourth-order valence-corrected chi connectivity index (χ4v) is 1.60. The Bertz CT molecular complexity index is 410. The molecule has 0 aromatic carbocycles. The lowest BCUT2D eigenvalue weighted by Gasteiger charge is -2.21. The Hall–Kier alpha value is -1.37. The Kier molecular flexibility index (Phi) is 5.14. The van der Waals surface area contributed by atoms with Crippen LogP contribution < -0.4 is 5.43 Å². The molecule has 6 nitrogen and oxygen atoms in total. The topological polar surface area (TPSA) is 85.9 Å². The molecular weight excluding hydrogens is 224 g/mol. The van der Waals surface area contributed by atoms with Gasteiger partial charge in [-0.05, 0) is 0 Å². The minimum atomic E-state index is -0.425. The third-order valence-electron chi connectivity index (χ3n) is 2.54. The van der Waals surface area contributed by atoms with Crippen molar-refractivity contribution in [3.8, 4) is 5.75 Å². The first kappa shape index (κ1) is 13.7. The second-order valence-corrected chi connectivity index (χ2v) is 3.85. The summed E-state index contributed by atoms with van der Waals surface area (Å²) in [5.74, 6) is -0.285. The predicted octanol–water partition coefficient (Wildman–Crippen LogP) is -1.12. The number of aromatic nitrogens is 1. The van der Waals surface area contributed by atoms with Gasteiger partial charge in [-0.1, -0.05) is 0 Å². The molecule has 6 heteroatoms. The highest BCUT2D eigenvalue weighted by Crippen LogP contribution is 2.06. The predicted molar refractivity (Wildman–Crippen MR) is 62.8 cm³/mol. The van der Waals surface area contributed by atoms with Crippen molar-refractivity contribution in [2.24, 2.45) is 7.05 Å². The smallest absolute Gasteiger partial charge is 0.223 e. The zero-order valence-electron chi connectivity index (χ0n) is 9.83. The van der Waals surface area contributed by atoms with Gasteiger partial charge in [-0.25, -0.2) is 0 Å². The molecule has 0 spiro atoms. The number of pyridine rings is 1. The average Bonchev–Trinajstić information content (AvgIpc) is 2.26. The summed E-state index contributed by atoms with van der Waals surface area (Å²) in [6.45, 7) is 1.27. The van der Waals surface area contributed by atoms with Crippen LogP contribution in [-0.4, -0.2) is 51.1 Å². The zero-order valence-corrected chi connectivity index (χ0v) is 9.83. The third kappa shape index (κ3) is 3.85. The highest BCUT2D eigenvalue weighted by Gasteiger charge is 2.08. The van der Waals surface area contributed by atoms with Gasteiger partial charge in [0, 0.05) is 44.6 Å². The maximum Gasteiger partial charge on any atom is 0.223 e. The molecule has 96 valence electrons. The molecule has 1 rings (SSSR count). The molecule has 0 amide bonds. The van der Waals surface area contributed by atoms with E-state index in [1.54, 1.807) is 11.6 Å². The quantitative estimate of drug-likeness (QED) is 0.588. The van der Waals surface area contributed by atoms with Gasteiger partial charge in [-0.3, -0.25) is 9.69 Å². The van der Waals surface area contributed by atoms with Crippen LogP contribution in [0.3, 0.4) is 0 Å². The molecule has 0 saturated heterocycles. The molecule has 0 aliphatic carbocycles. The van der Waals surface area contributed by atoms with Crippen molar-refractivity contribution >= 4 is 0 Å². The average molecular weight is 242 g/mol. The van der Waals surface area contributed by atoms with Crippen LogP contribution in [0.25, 0.3) is 0 Å². The lowest BCUT2D eigenvalue weighted by molar-refractivity contribution is 0.153. The van der Waals surface area contributed by atoms with Crippen LogP contribution in [0, 0.1) is 0 Å². The largest absolute Gasteiger partial charge is 0.503 e. The van der Waals surface area contributed by atoms with Crippen LogP contribution in [0.1, 0.15) is 5.69 Å². The Morgan fingerprint density at radius 3 is 2.41 bits per heavy atom. The van der Waals surface area contributed by atoms with Crippen molar-refractivity contribution in [1.82, 2.24) is 9.47 Å². The summed E-state index contributed by atoms with van der Waals surface area (Å²) in [4.78, 5) is 13.1. The van der Waals surface area contributed by atoms with Crippen LogP contribution in [-0.2, 0) is 13.6 Å². The van der Waals surface area contributed by atoms with Gasteiger partial charge in [-0.2, -0.15) is 0 Å². The number of nitrogens with zero attached hydrogens (tertiary/aromatic N) is 2. The van der Waals surface area contributed by atoms with E-state index in [2.05, 4.69) is 0 Å². The molecule has 3 N–H and O–H groups in total. The Balaban J connectivity index is 2.85. The monoisotopic (exact) mass is 242 g/mol. The summed E-state index contributed by atoms with van der Waals surface area (Å²) in [7, 11) is 1.73. The van der Waals surface area contributed by atoms with Gasteiger partial charge in [0.25, 0.3) is 0 Å². The number of aliphatic hydroxyl groups excluding tert-OH is 2. The summed E-state index contributed by atoms with van der Waals surface area (Å²) in [5.41, 5.74) is 0.292. The second-order valence-electron chi connectivity index (χ2n) is 3.85. The summed E-state index contributed by atoms with van der Waals surface area (Å²) >= 11 is 0. The van der Waals surface area contributed by atoms with E-state index in [1.807, 2.05) is 4.90 Å². The van der Waals surface area contributed by atoms with Crippen LogP contribution in [0.2, 0.25) is 0 Å². The summed E-state index contributed by atoms with van der Waals surface area (Å²) in [6, 6.07) is 1.36. The van der Waals surface area contributed by atoms with Crippen LogP contribution in [0.4, 0.5) is 0 Å². The van der Waals surface area contributed by atoms with E-state index in [1.165, 1.54) is 12.3 Å². The molecular formula is C11H18N2O4. The van der Waals surface area contributed by atoms with E-state index in [0.29, 0.717) is 19.6 Å². The highest BCUT2D eigenvalue weighted by molar-refractivity contribution is 5.20. The van der Waals surface area contributed by atoms with Crippen molar-refractivity contribution in [2.75, 3.05) is 26.3 Å². The molecule has 0 bridgehead atoms. The van der Waals surface area contributed by atoms with Gasteiger partial charge in [-0.15, -0.1) is 0 Å². The maximum atomic E-state index is 11.3. The maximum absolute atomic E-state index is 11.3. The lowest BCUT2D eigenvalue weighted by Crippen LogP contribution is -2.31. The normalized spacial score (nSPS) is 11.1. The first-order chi connectivity index (χ1) is 8.08. The van der Waals surface area contributed by atoms with Gasteiger partial charge < -0.3 is 19.9 Å². The lowest BCUT2D eigenvalue weighted by atomic mass is 10.3. The van der Waals surface area contributed by atoms with Gasteiger partial charge in [0.15, 0.2) is 5.75 Å². The Morgan fingerprint density at radius 2 is 1.88 bits per heavy atom. The first-order valence-electron chi connectivity index (χ1n) is 5.41. The fraction of sp³-hybridized carbons (Fsp3) is 0.545. The minimum Gasteiger partial charge on any atom is -0.503 e. The Morgan fingerprint density at radius 1 is 1.29 bits per heavy atom. The van der Waals surface area contributed by atoms with Crippen LogP contribution in [0.15, 0.2) is 17.1 Å². The molecule has 0 unspecified atom stereocenters. The standard InChI is InChI=1S/C11H18N2O4/c1-12-8-11(17)10(16)6-9(12)7-13(2-4-14)3-5-15/h6,8,14-15,17H,2-5,7H2,1H3. The van der Waals surface area contributed by atoms with Gasteiger partial charge in [0.05, 0.1) is 13.2 Å². The summed E-state index contributed by atoms with van der Waals surface area (Å²) < 4.78 is 1.65. The number of rotatable bonds is 6. The van der Waals surface area contributed by atoms with Crippen molar-refractivity contribution in [3.05, 3.63) is 28.2 Å².